The van der Waals surface area contributed by atoms with Gasteiger partial charge >= 0.3 is 0 Å². The van der Waals surface area contributed by atoms with Gasteiger partial charge in [-0.25, -0.2) is 0 Å². The van der Waals surface area contributed by atoms with E-state index in [9.17, 15) is 9.59 Å². The van der Waals surface area contributed by atoms with Crippen LogP contribution in [0, 0.1) is 6.92 Å². The largest absolute Gasteiger partial charge is 0.491 e. The number of nitrogens with zero attached hydrogens (tertiary/aromatic N) is 3. The Morgan fingerprint density at radius 1 is 1.33 bits per heavy atom. The molecule has 0 fully saturated rings. The predicted molar refractivity (Wildman–Crippen MR) is 92.7 cm³/mol. The van der Waals surface area contributed by atoms with Gasteiger partial charge in [0.25, 0.3) is 5.56 Å². The summed E-state index contributed by atoms with van der Waals surface area (Å²) in [6.45, 7) is 5.41. The quantitative estimate of drug-likeness (QED) is 0.595. The zero-order chi connectivity index (χ0) is 17.7. The van der Waals surface area contributed by atoms with E-state index in [4.69, 9.17) is 10.6 Å². The maximum absolute atomic E-state index is 12.0. The van der Waals surface area contributed by atoms with Crippen molar-refractivity contribution in [2.45, 2.75) is 32.0 Å². The molecule has 2 rings (SSSR count). The van der Waals surface area contributed by atoms with E-state index in [1.165, 1.54) is 6.92 Å². The Morgan fingerprint density at radius 2 is 2.00 bits per heavy atom. The number of benzene rings is 1. The minimum Gasteiger partial charge on any atom is -0.491 e. The number of aryl methyl sites for hydroxylation is 1. The van der Waals surface area contributed by atoms with Gasteiger partial charge in [-0.15, -0.1) is 10.2 Å². The van der Waals surface area contributed by atoms with E-state index in [1.54, 1.807) is 24.3 Å². The molecule has 8 nitrogen and oxygen atoms in total. The molecular formula is C15H19N5O3S. The summed E-state index contributed by atoms with van der Waals surface area (Å²) in [5, 5.41) is 10.4. The second kappa shape index (κ2) is 7.82. The van der Waals surface area contributed by atoms with Crippen molar-refractivity contribution in [3.05, 3.63) is 40.3 Å². The Bertz CT molecular complexity index is 774. The number of ether oxygens (including phenoxy) is 1. The lowest BCUT2D eigenvalue weighted by molar-refractivity contribution is -0.113. The van der Waals surface area contributed by atoms with Gasteiger partial charge in [0.05, 0.1) is 11.9 Å². The molecule has 0 bridgehead atoms. The maximum atomic E-state index is 12.0. The van der Waals surface area contributed by atoms with Crippen LogP contribution in [0.2, 0.25) is 0 Å². The summed E-state index contributed by atoms with van der Waals surface area (Å²) in [6.07, 6.45) is 0.0892. The molecule has 0 spiro atoms. The number of thioether (sulfide) groups is 1. The Morgan fingerprint density at radius 3 is 2.62 bits per heavy atom. The van der Waals surface area contributed by atoms with Crippen LogP contribution >= 0.6 is 11.8 Å². The van der Waals surface area contributed by atoms with E-state index in [0.717, 1.165) is 22.2 Å². The lowest BCUT2D eigenvalue weighted by Crippen LogP contribution is -2.32. The lowest BCUT2D eigenvalue weighted by atomic mass is 10.3. The van der Waals surface area contributed by atoms with Crippen LogP contribution in [0.4, 0.5) is 5.69 Å². The van der Waals surface area contributed by atoms with Crippen LogP contribution in [0.1, 0.15) is 19.5 Å². The van der Waals surface area contributed by atoms with Gasteiger partial charge in [-0.2, -0.15) is 4.68 Å². The van der Waals surface area contributed by atoms with E-state index >= 15 is 0 Å². The number of carbonyl (C=O) groups excluding carboxylic acids is 1. The van der Waals surface area contributed by atoms with E-state index in [1.807, 2.05) is 13.8 Å². The summed E-state index contributed by atoms with van der Waals surface area (Å²) in [4.78, 5) is 23.6. The van der Waals surface area contributed by atoms with Crippen molar-refractivity contribution in [1.29, 1.82) is 0 Å². The van der Waals surface area contributed by atoms with Gasteiger partial charge in [-0.05, 0) is 45.0 Å². The summed E-state index contributed by atoms with van der Waals surface area (Å²) in [5.74, 6) is 6.16. The number of nitrogens with one attached hydrogen (secondary N) is 1. The number of aromatic nitrogens is 3. The highest BCUT2D eigenvalue weighted by Gasteiger charge is 2.10. The van der Waals surface area contributed by atoms with Crippen molar-refractivity contribution in [1.82, 2.24) is 14.9 Å². The first-order chi connectivity index (χ1) is 11.4. The molecule has 1 heterocycles. The zero-order valence-electron chi connectivity index (χ0n) is 13.6. The number of nitrogen functional groups attached to an aromatic ring is 1. The number of anilines is 1. The van der Waals surface area contributed by atoms with Gasteiger partial charge in [0, 0.05) is 5.69 Å². The molecule has 128 valence electrons. The van der Waals surface area contributed by atoms with Crippen molar-refractivity contribution in [3.8, 4) is 5.75 Å². The van der Waals surface area contributed by atoms with Crippen LogP contribution in [0.3, 0.4) is 0 Å². The number of carbonyl (C=O) groups is 1. The molecule has 0 aliphatic heterocycles. The van der Waals surface area contributed by atoms with Crippen LogP contribution in [0.5, 0.6) is 5.75 Å². The number of rotatable bonds is 6. The van der Waals surface area contributed by atoms with E-state index < -0.39 is 5.56 Å². The highest BCUT2D eigenvalue weighted by molar-refractivity contribution is 7.99. The van der Waals surface area contributed by atoms with Crippen LogP contribution in [-0.4, -0.2) is 32.6 Å². The Kier molecular flexibility index (Phi) is 5.80. The molecule has 24 heavy (non-hydrogen) atoms. The minimum absolute atomic E-state index is 0.0542. The minimum atomic E-state index is -0.436. The summed E-state index contributed by atoms with van der Waals surface area (Å²) < 4.78 is 6.42. The molecule has 0 atom stereocenters. The van der Waals surface area contributed by atoms with Gasteiger partial charge < -0.3 is 15.9 Å². The molecule has 0 aliphatic rings. The van der Waals surface area contributed by atoms with Crippen molar-refractivity contribution in [3.63, 3.8) is 0 Å². The van der Waals surface area contributed by atoms with Gasteiger partial charge in [0.1, 0.15) is 11.4 Å². The standard InChI is InChI=1S/C15H19N5O3S/c1-9(2)23-12-6-4-11(5-7-12)17-13(21)8-24-15-19-18-10(3)14(22)20(15)16/h4-7,9H,8,16H2,1-3H3,(H,17,21). The second-order valence-electron chi connectivity index (χ2n) is 5.27. The summed E-state index contributed by atoms with van der Waals surface area (Å²) in [6, 6.07) is 7.08. The highest BCUT2D eigenvalue weighted by Crippen LogP contribution is 2.18. The SMILES string of the molecule is Cc1nnc(SCC(=O)Nc2ccc(OC(C)C)cc2)n(N)c1=O. The molecule has 2 aromatic rings. The first-order valence-electron chi connectivity index (χ1n) is 7.27. The molecule has 1 amide bonds. The third kappa shape index (κ3) is 4.72. The summed E-state index contributed by atoms with van der Waals surface area (Å²) >= 11 is 1.04. The van der Waals surface area contributed by atoms with Crippen molar-refractivity contribution < 1.29 is 9.53 Å². The van der Waals surface area contributed by atoms with Crippen LogP contribution in [-0.2, 0) is 4.79 Å². The zero-order valence-corrected chi connectivity index (χ0v) is 14.5. The summed E-state index contributed by atoms with van der Waals surface area (Å²) in [7, 11) is 0. The van der Waals surface area contributed by atoms with E-state index in [-0.39, 0.29) is 28.6 Å². The molecule has 0 radical (unpaired) electrons. The molecular weight excluding hydrogens is 330 g/mol. The number of hydrogen-bond donors (Lipinski definition) is 2. The van der Waals surface area contributed by atoms with Gasteiger partial charge in [0.2, 0.25) is 11.1 Å². The average Bonchev–Trinajstić information content (AvgIpc) is 2.53. The van der Waals surface area contributed by atoms with Crippen molar-refractivity contribution >= 4 is 23.4 Å². The molecule has 0 aliphatic carbocycles. The molecule has 9 heteroatoms. The fraction of sp³-hybridized carbons (Fsp3) is 0.333. The monoisotopic (exact) mass is 349 g/mol. The van der Waals surface area contributed by atoms with Crippen molar-refractivity contribution in [2.24, 2.45) is 0 Å². The summed E-state index contributed by atoms with van der Waals surface area (Å²) in [5.41, 5.74) is 0.417. The van der Waals surface area contributed by atoms with Gasteiger partial charge in [0.15, 0.2) is 0 Å². The number of amides is 1. The van der Waals surface area contributed by atoms with Crippen molar-refractivity contribution in [2.75, 3.05) is 16.9 Å². The second-order valence-corrected chi connectivity index (χ2v) is 6.21. The molecule has 1 aromatic carbocycles. The molecule has 0 saturated carbocycles. The molecule has 1 aromatic heterocycles. The number of hydrogen-bond acceptors (Lipinski definition) is 7. The number of nitrogens with two attached hydrogens (primary N) is 1. The lowest BCUT2D eigenvalue weighted by Gasteiger charge is -2.10. The first kappa shape index (κ1) is 17.8. The highest BCUT2D eigenvalue weighted by atomic mass is 32.2. The Balaban J connectivity index is 1.92. The predicted octanol–water partition coefficient (Wildman–Crippen LogP) is 1.18. The fourth-order valence-corrected chi connectivity index (χ4v) is 2.44. The first-order valence-corrected chi connectivity index (χ1v) is 8.26. The maximum Gasteiger partial charge on any atom is 0.294 e. The molecule has 0 unspecified atom stereocenters. The average molecular weight is 349 g/mol. The van der Waals surface area contributed by atoms with Gasteiger partial charge in [-0.1, -0.05) is 11.8 Å². The van der Waals surface area contributed by atoms with E-state index in [0.29, 0.717) is 5.69 Å². The fourth-order valence-electron chi connectivity index (χ4n) is 1.78. The third-order valence-corrected chi connectivity index (χ3v) is 3.81. The normalized spacial score (nSPS) is 10.7. The van der Waals surface area contributed by atoms with E-state index in [2.05, 4.69) is 15.5 Å². The van der Waals surface area contributed by atoms with Gasteiger partial charge in [-0.3, -0.25) is 9.59 Å². The Hall–Kier alpha value is -2.55. The Labute approximate surface area is 143 Å². The third-order valence-electron chi connectivity index (χ3n) is 2.86. The topological polar surface area (TPSA) is 112 Å². The van der Waals surface area contributed by atoms with Crippen LogP contribution in [0.25, 0.3) is 0 Å². The van der Waals surface area contributed by atoms with Crippen LogP contribution in [0.15, 0.2) is 34.2 Å². The smallest absolute Gasteiger partial charge is 0.294 e. The van der Waals surface area contributed by atoms with Crippen LogP contribution < -0.4 is 21.5 Å². The molecule has 0 saturated heterocycles. The molecule has 3 N–H and O–H groups in total.